The molecule has 1 aromatic heterocycles. The van der Waals surface area contributed by atoms with Crippen LogP contribution in [0.1, 0.15) is 22.3 Å². The number of hydrogen-bond acceptors (Lipinski definition) is 5. The Bertz CT molecular complexity index is 928. The lowest BCUT2D eigenvalue weighted by molar-refractivity contribution is 0.0761. The highest BCUT2D eigenvalue weighted by Crippen LogP contribution is 2.18. The van der Waals surface area contributed by atoms with E-state index in [1.54, 1.807) is 0 Å². The monoisotopic (exact) mass is 396 g/mol. The molecule has 1 saturated heterocycles. The average Bonchev–Trinajstić information content (AvgIpc) is 3.16. The number of rotatable bonds is 4. The van der Waals surface area contributed by atoms with Gasteiger partial charge in [0.1, 0.15) is 6.33 Å². The van der Waals surface area contributed by atoms with Gasteiger partial charge in [0.25, 0.3) is 5.91 Å². The Morgan fingerprint density at radius 1 is 1.00 bits per heavy atom. The van der Waals surface area contributed by atoms with Crippen LogP contribution in [0.5, 0.6) is 0 Å². The second-order valence-corrected chi connectivity index (χ2v) is 7.26. The van der Waals surface area contributed by atoms with Crippen molar-refractivity contribution in [1.82, 2.24) is 30.0 Å². The quantitative estimate of drug-likeness (QED) is 0.678. The van der Waals surface area contributed by atoms with Gasteiger partial charge in [0.05, 0.1) is 11.3 Å². The van der Waals surface area contributed by atoms with Crippen LogP contribution in [0.3, 0.4) is 0 Å². The van der Waals surface area contributed by atoms with Crippen molar-refractivity contribution in [2.75, 3.05) is 26.2 Å². The molecule has 0 N–H and O–H groups in total. The number of aromatic nitrogens is 4. The topological polar surface area (TPSA) is 67.2 Å². The van der Waals surface area contributed by atoms with E-state index < -0.39 is 0 Å². The van der Waals surface area contributed by atoms with E-state index >= 15 is 0 Å². The Morgan fingerprint density at radius 3 is 2.61 bits per heavy atom. The van der Waals surface area contributed by atoms with Crippen molar-refractivity contribution < 1.29 is 4.79 Å². The van der Waals surface area contributed by atoms with Crippen LogP contribution in [0.15, 0.2) is 54.9 Å². The van der Waals surface area contributed by atoms with Crippen molar-refractivity contribution in [2.45, 2.75) is 13.0 Å². The van der Waals surface area contributed by atoms with Crippen LogP contribution >= 0.6 is 11.6 Å². The van der Waals surface area contributed by atoms with Crippen LogP contribution in [0.4, 0.5) is 0 Å². The van der Waals surface area contributed by atoms with Gasteiger partial charge >= 0.3 is 0 Å². The lowest BCUT2D eigenvalue weighted by atomic mass is 10.1. The fraction of sp³-hybridized carbons (Fsp3) is 0.300. The van der Waals surface area contributed by atoms with Crippen molar-refractivity contribution in [3.63, 3.8) is 0 Å². The molecule has 1 amide bonds. The van der Waals surface area contributed by atoms with Gasteiger partial charge in [0.2, 0.25) is 0 Å². The van der Waals surface area contributed by atoms with E-state index in [-0.39, 0.29) is 5.91 Å². The van der Waals surface area contributed by atoms with E-state index in [2.05, 4.69) is 32.6 Å². The van der Waals surface area contributed by atoms with Crippen molar-refractivity contribution in [3.05, 3.63) is 71.0 Å². The summed E-state index contributed by atoms with van der Waals surface area (Å²) in [6, 6.07) is 15.4. The van der Waals surface area contributed by atoms with Gasteiger partial charge in [-0.25, -0.2) is 0 Å². The summed E-state index contributed by atoms with van der Waals surface area (Å²) in [6.45, 7) is 4.08. The summed E-state index contributed by atoms with van der Waals surface area (Å²) < 4.78 is 1.53. The standard InChI is InChI=1S/C20H21ClN6O/c21-17-8-6-16(7-9-17)14-25-10-3-11-26(13-12-25)20(28)18-4-1-2-5-19(18)27-15-22-23-24-27/h1-2,4-9,15H,3,10-14H2. The summed E-state index contributed by atoms with van der Waals surface area (Å²) in [5, 5.41) is 12.0. The molecule has 2 heterocycles. The third-order valence-corrected chi connectivity index (χ3v) is 5.18. The molecular formula is C20H21ClN6O. The number of amides is 1. The molecule has 8 heteroatoms. The van der Waals surface area contributed by atoms with Crippen molar-refractivity contribution >= 4 is 17.5 Å². The van der Waals surface area contributed by atoms with E-state index in [4.69, 9.17) is 11.6 Å². The Morgan fingerprint density at radius 2 is 1.82 bits per heavy atom. The first-order valence-corrected chi connectivity index (χ1v) is 9.67. The number of para-hydroxylation sites is 1. The maximum absolute atomic E-state index is 13.2. The summed E-state index contributed by atoms with van der Waals surface area (Å²) in [7, 11) is 0. The van der Waals surface area contributed by atoms with E-state index in [9.17, 15) is 4.79 Å². The minimum absolute atomic E-state index is 0.0134. The van der Waals surface area contributed by atoms with Gasteiger partial charge < -0.3 is 4.90 Å². The van der Waals surface area contributed by atoms with Gasteiger partial charge in [0, 0.05) is 37.7 Å². The Balaban J connectivity index is 1.45. The number of carbonyl (C=O) groups excluding carboxylic acids is 1. The fourth-order valence-electron chi connectivity index (χ4n) is 3.48. The molecule has 0 atom stereocenters. The van der Waals surface area contributed by atoms with Crippen LogP contribution < -0.4 is 0 Å². The molecule has 0 unspecified atom stereocenters. The zero-order chi connectivity index (χ0) is 19.3. The number of benzene rings is 2. The second kappa shape index (κ2) is 8.50. The minimum atomic E-state index is 0.0134. The van der Waals surface area contributed by atoms with E-state index in [1.807, 2.05) is 41.3 Å². The Hall–Kier alpha value is -2.77. The molecule has 0 radical (unpaired) electrons. The molecule has 144 valence electrons. The Kier molecular flexibility index (Phi) is 5.64. The third-order valence-electron chi connectivity index (χ3n) is 4.93. The number of hydrogen-bond donors (Lipinski definition) is 0. The molecule has 0 saturated carbocycles. The number of tetrazole rings is 1. The maximum atomic E-state index is 13.2. The molecule has 3 aromatic rings. The minimum Gasteiger partial charge on any atom is -0.337 e. The molecule has 28 heavy (non-hydrogen) atoms. The van der Waals surface area contributed by atoms with E-state index in [1.165, 1.54) is 16.6 Å². The molecule has 2 aromatic carbocycles. The zero-order valence-corrected chi connectivity index (χ0v) is 16.2. The molecule has 0 aliphatic carbocycles. The van der Waals surface area contributed by atoms with Gasteiger partial charge in [-0.05, 0) is 46.7 Å². The van der Waals surface area contributed by atoms with E-state index in [0.717, 1.165) is 37.6 Å². The molecule has 0 bridgehead atoms. The number of nitrogens with zero attached hydrogens (tertiary/aromatic N) is 6. The van der Waals surface area contributed by atoms with Gasteiger partial charge in [0.15, 0.2) is 0 Å². The SMILES string of the molecule is O=C(c1ccccc1-n1cnnn1)N1CCCN(Cc2ccc(Cl)cc2)CC1. The molecule has 1 aliphatic heterocycles. The number of carbonyl (C=O) groups is 1. The Labute approximate surface area is 168 Å². The third kappa shape index (κ3) is 4.21. The lowest BCUT2D eigenvalue weighted by Gasteiger charge is -2.23. The zero-order valence-electron chi connectivity index (χ0n) is 15.4. The molecule has 1 fully saturated rings. The van der Waals surface area contributed by atoms with Crippen LogP contribution in [-0.4, -0.2) is 62.1 Å². The van der Waals surface area contributed by atoms with Gasteiger partial charge in [-0.1, -0.05) is 35.9 Å². The van der Waals surface area contributed by atoms with Crippen molar-refractivity contribution in [3.8, 4) is 5.69 Å². The average molecular weight is 397 g/mol. The lowest BCUT2D eigenvalue weighted by Crippen LogP contribution is -2.35. The molecule has 0 spiro atoms. The highest BCUT2D eigenvalue weighted by Gasteiger charge is 2.23. The summed E-state index contributed by atoms with van der Waals surface area (Å²) >= 11 is 5.97. The second-order valence-electron chi connectivity index (χ2n) is 6.82. The normalized spacial score (nSPS) is 15.4. The highest BCUT2D eigenvalue weighted by molar-refractivity contribution is 6.30. The summed E-state index contributed by atoms with van der Waals surface area (Å²) in [5.41, 5.74) is 2.54. The maximum Gasteiger partial charge on any atom is 0.256 e. The van der Waals surface area contributed by atoms with Crippen LogP contribution in [0.2, 0.25) is 5.02 Å². The largest absolute Gasteiger partial charge is 0.337 e. The van der Waals surface area contributed by atoms with Crippen LogP contribution in [-0.2, 0) is 6.54 Å². The van der Waals surface area contributed by atoms with Crippen LogP contribution in [0, 0.1) is 0 Å². The first kappa shape index (κ1) is 18.6. The van der Waals surface area contributed by atoms with Crippen molar-refractivity contribution in [2.24, 2.45) is 0 Å². The predicted octanol–water partition coefficient (Wildman–Crippen LogP) is 2.66. The molecule has 4 rings (SSSR count). The molecule has 7 nitrogen and oxygen atoms in total. The summed E-state index contributed by atoms with van der Waals surface area (Å²) in [5.74, 6) is 0.0134. The van der Waals surface area contributed by atoms with Gasteiger partial charge in [-0.15, -0.1) is 5.10 Å². The number of halogens is 1. The first-order chi connectivity index (χ1) is 13.7. The highest BCUT2D eigenvalue weighted by atomic mass is 35.5. The van der Waals surface area contributed by atoms with Crippen LogP contribution in [0.25, 0.3) is 5.69 Å². The molecular weight excluding hydrogens is 376 g/mol. The van der Waals surface area contributed by atoms with Gasteiger partial charge in [-0.3, -0.25) is 9.69 Å². The van der Waals surface area contributed by atoms with E-state index in [0.29, 0.717) is 17.8 Å². The predicted molar refractivity (Wildman–Crippen MR) is 106 cm³/mol. The van der Waals surface area contributed by atoms with Gasteiger partial charge in [-0.2, -0.15) is 4.68 Å². The summed E-state index contributed by atoms with van der Waals surface area (Å²) in [4.78, 5) is 17.5. The molecule has 1 aliphatic rings. The smallest absolute Gasteiger partial charge is 0.256 e. The fourth-order valence-corrected chi connectivity index (χ4v) is 3.60. The first-order valence-electron chi connectivity index (χ1n) is 9.29. The van der Waals surface area contributed by atoms with Crippen molar-refractivity contribution in [1.29, 1.82) is 0 Å². The summed E-state index contributed by atoms with van der Waals surface area (Å²) in [6.07, 6.45) is 2.44.